The summed E-state index contributed by atoms with van der Waals surface area (Å²) in [7, 11) is 0. The number of ether oxygens (including phenoxy) is 4. The highest BCUT2D eigenvalue weighted by atomic mass is 16.7. The number of hydrogen-bond acceptors (Lipinski definition) is 4. The Balaban J connectivity index is 1.61. The normalized spacial score (nSPS) is 12.9. The van der Waals surface area contributed by atoms with E-state index in [4.69, 9.17) is 18.9 Å². The van der Waals surface area contributed by atoms with Gasteiger partial charge in [-0.2, -0.15) is 0 Å². The fourth-order valence-electron chi connectivity index (χ4n) is 5.07. The maximum atomic E-state index is 5.90. The summed E-state index contributed by atoms with van der Waals surface area (Å²) >= 11 is 0. The SMILES string of the molecule is CCOC(C)Oc1ccc(-c2c3ccccc3c(-c3ccc(OC(C)OCC)cc3)c3ccccc23)cc1. The van der Waals surface area contributed by atoms with Gasteiger partial charge in [0.2, 0.25) is 0 Å². The molecule has 0 heterocycles. The maximum absolute atomic E-state index is 5.90. The van der Waals surface area contributed by atoms with E-state index in [2.05, 4.69) is 72.8 Å². The highest BCUT2D eigenvalue weighted by Gasteiger charge is 2.17. The van der Waals surface area contributed by atoms with Gasteiger partial charge in [-0.25, -0.2) is 0 Å². The lowest BCUT2D eigenvalue weighted by molar-refractivity contribution is -0.0616. The molecule has 0 aliphatic rings. The smallest absolute Gasteiger partial charge is 0.196 e. The van der Waals surface area contributed by atoms with Crippen LogP contribution in [0.3, 0.4) is 0 Å². The Labute approximate surface area is 224 Å². The van der Waals surface area contributed by atoms with Gasteiger partial charge in [-0.3, -0.25) is 0 Å². The predicted octanol–water partition coefficient (Wildman–Crippen LogP) is 8.85. The average molecular weight is 507 g/mol. The molecular formula is C34H34O4. The van der Waals surface area contributed by atoms with E-state index in [1.165, 1.54) is 32.7 Å². The molecule has 0 aliphatic carbocycles. The van der Waals surface area contributed by atoms with Gasteiger partial charge in [-0.15, -0.1) is 0 Å². The number of fused-ring (bicyclic) bond motifs is 2. The van der Waals surface area contributed by atoms with Crippen molar-refractivity contribution in [3.05, 3.63) is 97.1 Å². The molecule has 0 aromatic heterocycles. The second-order valence-electron chi connectivity index (χ2n) is 9.17. The van der Waals surface area contributed by atoms with Crippen LogP contribution in [0.4, 0.5) is 0 Å². The molecule has 0 N–H and O–H groups in total. The third-order valence-corrected chi connectivity index (χ3v) is 6.62. The second kappa shape index (κ2) is 11.7. The molecule has 0 bridgehead atoms. The van der Waals surface area contributed by atoms with Crippen LogP contribution in [0.2, 0.25) is 0 Å². The molecule has 0 radical (unpaired) electrons. The molecule has 0 spiro atoms. The lowest BCUT2D eigenvalue weighted by Crippen LogP contribution is -2.15. The van der Waals surface area contributed by atoms with E-state index >= 15 is 0 Å². The third-order valence-electron chi connectivity index (χ3n) is 6.62. The van der Waals surface area contributed by atoms with Gasteiger partial charge in [0.05, 0.1) is 0 Å². The van der Waals surface area contributed by atoms with E-state index in [9.17, 15) is 0 Å². The summed E-state index contributed by atoms with van der Waals surface area (Å²) in [5.74, 6) is 1.58. The summed E-state index contributed by atoms with van der Waals surface area (Å²) in [6.07, 6.45) is -0.572. The van der Waals surface area contributed by atoms with Crippen LogP contribution in [-0.4, -0.2) is 25.8 Å². The van der Waals surface area contributed by atoms with Crippen molar-refractivity contribution < 1.29 is 18.9 Å². The zero-order chi connectivity index (χ0) is 26.5. The molecule has 38 heavy (non-hydrogen) atoms. The van der Waals surface area contributed by atoms with E-state index in [1.807, 2.05) is 52.0 Å². The first-order chi connectivity index (χ1) is 18.6. The zero-order valence-electron chi connectivity index (χ0n) is 22.4. The van der Waals surface area contributed by atoms with Gasteiger partial charge in [0.15, 0.2) is 12.6 Å². The maximum Gasteiger partial charge on any atom is 0.196 e. The summed E-state index contributed by atoms with van der Waals surface area (Å²) in [6.45, 7) is 8.99. The van der Waals surface area contributed by atoms with Crippen LogP contribution in [0.25, 0.3) is 43.8 Å². The van der Waals surface area contributed by atoms with Gasteiger partial charge in [0.25, 0.3) is 0 Å². The number of benzene rings is 5. The molecule has 2 unspecified atom stereocenters. The Morgan fingerprint density at radius 2 is 0.789 bits per heavy atom. The molecule has 0 saturated carbocycles. The van der Waals surface area contributed by atoms with Crippen LogP contribution < -0.4 is 9.47 Å². The first kappa shape index (κ1) is 25.8. The van der Waals surface area contributed by atoms with Gasteiger partial charge < -0.3 is 18.9 Å². The third kappa shape index (κ3) is 5.38. The van der Waals surface area contributed by atoms with Crippen LogP contribution in [0.5, 0.6) is 11.5 Å². The monoisotopic (exact) mass is 506 g/mol. The predicted molar refractivity (Wildman–Crippen MR) is 156 cm³/mol. The number of rotatable bonds is 10. The van der Waals surface area contributed by atoms with Crippen LogP contribution in [-0.2, 0) is 9.47 Å². The molecular weight excluding hydrogens is 472 g/mol. The van der Waals surface area contributed by atoms with Crippen molar-refractivity contribution in [2.75, 3.05) is 13.2 Å². The Kier molecular flexibility index (Phi) is 7.92. The van der Waals surface area contributed by atoms with Crippen molar-refractivity contribution in [2.45, 2.75) is 40.3 Å². The first-order valence-corrected chi connectivity index (χ1v) is 13.3. The van der Waals surface area contributed by atoms with E-state index in [-0.39, 0.29) is 12.6 Å². The number of hydrogen-bond donors (Lipinski definition) is 0. The second-order valence-corrected chi connectivity index (χ2v) is 9.17. The van der Waals surface area contributed by atoms with Crippen LogP contribution in [0, 0.1) is 0 Å². The highest BCUT2D eigenvalue weighted by Crippen LogP contribution is 2.44. The summed E-state index contributed by atoms with van der Waals surface area (Å²) in [6, 6.07) is 33.9. The fraction of sp³-hybridized carbons (Fsp3) is 0.235. The molecule has 4 nitrogen and oxygen atoms in total. The van der Waals surface area contributed by atoms with Crippen molar-refractivity contribution in [2.24, 2.45) is 0 Å². The topological polar surface area (TPSA) is 36.9 Å². The largest absolute Gasteiger partial charge is 0.465 e. The summed E-state index contributed by atoms with van der Waals surface area (Å²) in [5, 5.41) is 4.84. The summed E-state index contributed by atoms with van der Waals surface area (Å²) in [5.41, 5.74) is 4.73. The molecule has 0 fully saturated rings. The van der Waals surface area contributed by atoms with Gasteiger partial charge in [-0.1, -0.05) is 72.8 Å². The first-order valence-electron chi connectivity index (χ1n) is 13.3. The Hall–Kier alpha value is -3.86. The van der Waals surface area contributed by atoms with Gasteiger partial charge in [0, 0.05) is 13.2 Å². The van der Waals surface area contributed by atoms with Gasteiger partial charge >= 0.3 is 0 Å². The Bertz CT molecular complexity index is 1330. The average Bonchev–Trinajstić information content (AvgIpc) is 2.93. The van der Waals surface area contributed by atoms with Crippen LogP contribution >= 0.6 is 0 Å². The van der Waals surface area contributed by atoms with E-state index in [1.54, 1.807) is 0 Å². The van der Waals surface area contributed by atoms with E-state index < -0.39 is 0 Å². The molecule has 0 aliphatic heterocycles. The lowest BCUT2D eigenvalue weighted by atomic mass is 9.86. The summed E-state index contributed by atoms with van der Waals surface area (Å²) < 4.78 is 22.9. The molecule has 0 saturated heterocycles. The van der Waals surface area contributed by atoms with Crippen LogP contribution in [0.15, 0.2) is 97.1 Å². The van der Waals surface area contributed by atoms with Gasteiger partial charge in [-0.05, 0) is 95.8 Å². The highest BCUT2D eigenvalue weighted by molar-refractivity contribution is 6.21. The van der Waals surface area contributed by atoms with E-state index in [0.717, 1.165) is 22.6 Å². The molecule has 2 atom stereocenters. The zero-order valence-corrected chi connectivity index (χ0v) is 22.4. The minimum absolute atomic E-state index is 0.286. The van der Waals surface area contributed by atoms with E-state index in [0.29, 0.717) is 13.2 Å². The van der Waals surface area contributed by atoms with Crippen molar-refractivity contribution in [3.8, 4) is 33.8 Å². The van der Waals surface area contributed by atoms with Crippen molar-refractivity contribution in [1.29, 1.82) is 0 Å². The Morgan fingerprint density at radius 3 is 1.08 bits per heavy atom. The van der Waals surface area contributed by atoms with Crippen molar-refractivity contribution in [3.63, 3.8) is 0 Å². The molecule has 4 heteroatoms. The van der Waals surface area contributed by atoms with Crippen molar-refractivity contribution in [1.82, 2.24) is 0 Å². The standard InChI is InChI=1S/C34H34O4/c1-5-35-23(3)37-27-19-15-25(16-20-27)33-29-11-7-9-13-31(29)34(32-14-10-8-12-30(32)33)26-17-21-28(22-18-26)38-24(4)36-6-2/h7-24H,5-6H2,1-4H3. The van der Waals surface area contributed by atoms with Gasteiger partial charge in [0.1, 0.15) is 11.5 Å². The summed E-state index contributed by atoms with van der Waals surface area (Å²) in [4.78, 5) is 0. The minimum atomic E-state index is -0.286. The lowest BCUT2D eigenvalue weighted by Gasteiger charge is -2.19. The minimum Gasteiger partial charge on any atom is -0.465 e. The molecule has 194 valence electrons. The molecule has 0 amide bonds. The van der Waals surface area contributed by atoms with Crippen molar-refractivity contribution >= 4 is 21.5 Å². The quantitative estimate of drug-likeness (QED) is 0.140. The van der Waals surface area contributed by atoms with Crippen LogP contribution in [0.1, 0.15) is 27.7 Å². The molecule has 5 rings (SSSR count). The Morgan fingerprint density at radius 1 is 0.474 bits per heavy atom. The molecule has 5 aromatic rings. The molecule has 5 aromatic carbocycles. The fourth-order valence-corrected chi connectivity index (χ4v) is 5.07.